The van der Waals surface area contributed by atoms with Gasteiger partial charge in [-0.1, -0.05) is 42.8 Å². The summed E-state index contributed by atoms with van der Waals surface area (Å²) in [7, 11) is 0. The van der Waals surface area contributed by atoms with Crippen molar-refractivity contribution in [3.63, 3.8) is 0 Å². The molecule has 0 spiro atoms. The highest BCUT2D eigenvalue weighted by Crippen LogP contribution is 2.34. The van der Waals surface area contributed by atoms with Crippen LogP contribution in [0.3, 0.4) is 0 Å². The fourth-order valence-electron chi connectivity index (χ4n) is 5.31. The molecule has 0 unspecified atom stereocenters. The van der Waals surface area contributed by atoms with Crippen molar-refractivity contribution in [2.45, 2.75) is 51.2 Å². The van der Waals surface area contributed by atoms with E-state index in [0.717, 1.165) is 11.3 Å². The number of anilines is 1. The first-order valence-corrected chi connectivity index (χ1v) is 12.7. The summed E-state index contributed by atoms with van der Waals surface area (Å²) < 4.78 is 13.7. The molecule has 2 aromatic rings. The predicted octanol–water partition coefficient (Wildman–Crippen LogP) is 4.15. The molecule has 188 valence electrons. The zero-order valence-electron chi connectivity index (χ0n) is 20.6. The maximum Gasteiger partial charge on any atom is 0.241 e. The summed E-state index contributed by atoms with van der Waals surface area (Å²) in [6.45, 7) is 8.31. The monoisotopic (exact) mass is 500 g/mol. The Hall–Kier alpha value is -2.48. The maximum absolute atomic E-state index is 13.7. The molecule has 0 aliphatic carbocycles. The van der Waals surface area contributed by atoms with Gasteiger partial charge in [0.2, 0.25) is 11.8 Å². The highest BCUT2D eigenvalue weighted by atomic mass is 35.5. The number of nitrogens with zero attached hydrogens (tertiary/aromatic N) is 2. The third kappa shape index (κ3) is 5.68. The van der Waals surface area contributed by atoms with E-state index in [-0.39, 0.29) is 47.7 Å². The first kappa shape index (κ1) is 25.6. The molecule has 6 nitrogen and oxygen atoms in total. The Bertz CT molecular complexity index is 1080. The highest BCUT2D eigenvalue weighted by Gasteiger charge is 2.44. The second-order valence-electron chi connectivity index (χ2n) is 10.1. The van der Waals surface area contributed by atoms with Crippen molar-refractivity contribution in [3.8, 4) is 0 Å². The van der Waals surface area contributed by atoms with E-state index in [1.54, 1.807) is 17.0 Å². The van der Waals surface area contributed by atoms with Gasteiger partial charge in [0.05, 0.1) is 29.2 Å². The molecule has 35 heavy (non-hydrogen) atoms. The Morgan fingerprint density at radius 1 is 1.23 bits per heavy atom. The summed E-state index contributed by atoms with van der Waals surface area (Å²) in [4.78, 5) is 30.4. The van der Waals surface area contributed by atoms with Gasteiger partial charge in [0.25, 0.3) is 0 Å². The highest BCUT2D eigenvalue weighted by molar-refractivity contribution is 6.33. The minimum absolute atomic E-state index is 0.00107. The zero-order chi connectivity index (χ0) is 25.2. The van der Waals surface area contributed by atoms with E-state index in [9.17, 15) is 14.0 Å². The summed E-state index contributed by atoms with van der Waals surface area (Å²) in [6, 6.07) is 13.6. The molecule has 2 heterocycles. The number of nitrogens with one attached hydrogen (secondary N) is 2. The van der Waals surface area contributed by atoms with E-state index in [2.05, 4.69) is 29.4 Å². The lowest BCUT2D eigenvalue weighted by molar-refractivity contribution is -0.129. The smallest absolute Gasteiger partial charge is 0.241 e. The van der Waals surface area contributed by atoms with Crippen molar-refractivity contribution in [2.24, 2.45) is 5.92 Å². The number of halogens is 2. The standard InChI is InChI=1S/C27H34ClFN4O2/c1-4-23(18-8-7-9-20(29)12-18)31-26(35)19-13-21(15-30-14-19)33-16-25(34)32(17-27(33,2)3)24-11-6-5-10-22(24)28/h5-12,19,21,23,30H,4,13-17H2,1-3H3,(H,31,35)/t19-,21+,23+/m0/s1. The summed E-state index contributed by atoms with van der Waals surface area (Å²) in [5.74, 6) is -0.584. The predicted molar refractivity (Wildman–Crippen MR) is 137 cm³/mol. The summed E-state index contributed by atoms with van der Waals surface area (Å²) in [5, 5.41) is 7.07. The number of hydrogen-bond acceptors (Lipinski definition) is 4. The van der Waals surface area contributed by atoms with Crippen LogP contribution in [-0.2, 0) is 9.59 Å². The minimum Gasteiger partial charge on any atom is -0.349 e. The second-order valence-corrected chi connectivity index (χ2v) is 10.5. The number of carbonyl (C=O) groups excluding carboxylic acids is 2. The Labute approximate surface area is 211 Å². The Balaban J connectivity index is 1.44. The number of hydrogen-bond donors (Lipinski definition) is 2. The van der Waals surface area contributed by atoms with Crippen molar-refractivity contribution < 1.29 is 14.0 Å². The molecule has 2 fully saturated rings. The maximum atomic E-state index is 13.7. The van der Waals surface area contributed by atoms with Gasteiger partial charge in [0.15, 0.2) is 0 Å². The van der Waals surface area contributed by atoms with Crippen molar-refractivity contribution in [1.82, 2.24) is 15.5 Å². The normalized spacial score (nSPS) is 23.7. The van der Waals surface area contributed by atoms with E-state index < -0.39 is 0 Å². The number of piperazine rings is 1. The summed E-state index contributed by atoms with van der Waals surface area (Å²) in [6.07, 6.45) is 1.32. The lowest BCUT2D eigenvalue weighted by Gasteiger charge is -2.51. The van der Waals surface area contributed by atoms with Crippen molar-refractivity contribution in [2.75, 3.05) is 31.1 Å². The second kappa shape index (κ2) is 10.6. The lowest BCUT2D eigenvalue weighted by atomic mass is 9.88. The molecule has 2 aliphatic heterocycles. The van der Waals surface area contributed by atoms with E-state index >= 15 is 0 Å². The molecule has 2 aliphatic rings. The number of amides is 2. The van der Waals surface area contributed by atoms with Gasteiger partial charge in [-0.25, -0.2) is 4.39 Å². The van der Waals surface area contributed by atoms with Crippen molar-refractivity contribution in [1.29, 1.82) is 0 Å². The van der Waals surface area contributed by atoms with E-state index in [1.165, 1.54) is 12.1 Å². The molecule has 2 saturated heterocycles. The number of benzene rings is 2. The van der Waals surface area contributed by atoms with Crippen molar-refractivity contribution in [3.05, 3.63) is 64.9 Å². The van der Waals surface area contributed by atoms with Gasteiger partial charge in [-0.15, -0.1) is 0 Å². The van der Waals surface area contributed by atoms with Crippen LogP contribution in [0.4, 0.5) is 10.1 Å². The number of carbonyl (C=O) groups is 2. The first-order valence-electron chi connectivity index (χ1n) is 12.3. The van der Waals surface area contributed by atoms with Crippen LogP contribution in [0.15, 0.2) is 48.5 Å². The fourth-order valence-corrected chi connectivity index (χ4v) is 5.55. The van der Waals surface area contributed by atoms with Gasteiger partial charge < -0.3 is 15.5 Å². The van der Waals surface area contributed by atoms with Crippen LogP contribution < -0.4 is 15.5 Å². The molecule has 0 bridgehead atoms. The van der Waals surface area contributed by atoms with Gasteiger partial charge in [-0.2, -0.15) is 0 Å². The van der Waals surface area contributed by atoms with Crippen LogP contribution in [-0.4, -0.2) is 54.5 Å². The summed E-state index contributed by atoms with van der Waals surface area (Å²) >= 11 is 6.38. The van der Waals surface area contributed by atoms with Gasteiger partial charge in [0.1, 0.15) is 5.82 Å². The topological polar surface area (TPSA) is 64.7 Å². The van der Waals surface area contributed by atoms with E-state index in [4.69, 9.17) is 11.6 Å². The molecule has 0 saturated carbocycles. The third-order valence-electron chi connectivity index (χ3n) is 7.19. The molecule has 0 radical (unpaired) electrons. The Morgan fingerprint density at radius 3 is 2.71 bits per heavy atom. The van der Waals surface area contributed by atoms with Gasteiger partial charge >= 0.3 is 0 Å². The Kier molecular flexibility index (Phi) is 7.79. The fraction of sp³-hybridized carbons (Fsp3) is 0.481. The average molecular weight is 501 g/mol. The molecule has 8 heteroatoms. The van der Waals surface area contributed by atoms with Crippen LogP contribution in [0.25, 0.3) is 0 Å². The molecule has 2 amide bonds. The molecule has 4 rings (SSSR count). The zero-order valence-corrected chi connectivity index (χ0v) is 21.3. The molecular formula is C27H34ClFN4O2. The summed E-state index contributed by atoms with van der Waals surface area (Å²) in [5.41, 5.74) is 1.20. The SMILES string of the molecule is CC[C@@H](NC(=O)[C@@H]1CNC[C@H](N2CC(=O)N(c3ccccc3Cl)CC2(C)C)C1)c1cccc(F)c1. The van der Waals surface area contributed by atoms with Crippen molar-refractivity contribution >= 4 is 29.1 Å². The first-order chi connectivity index (χ1) is 16.7. The molecule has 3 atom stereocenters. The number of rotatable bonds is 6. The quantitative estimate of drug-likeness (QED) is 0.625. The molecule has 0 aromatic heterocycles. The number of piperidine rings is 1. The van der Waals surface area contributed by atoms with E-state index in [0.29, 0.717) is 37.5 Å². The minimum atomic E-state index is -0.308. The van der Waals surface area contributed by atoms with Gasteiger partial charge in [0, 0.05) is 31.2 Å². The molecule has 2 N–H and O–H groups in total. The third-order valence-corrected chi connectivity index (χ3v) is 7.51. The van der Waals surface area contributed by atoms with Gasteiger partial charge in [-0.3, -0.25) is 14.5 Å². The van der Waals surface area contributed by atoms with E-state index in [1.807, 2.05) is 31.2 Å². The average Bonchev–Trinajstić information content (AvgIpc) is 2.84. The van der Waals surface area contributed by atoms with Crippen LogP contribution >= 0.6 is 11.6 Å². The largest absolute Gasteiger partial charge is 0.349 e. The Morgan fingerprint density at radius 2 is 2.00 bits per heavy atom. The molecular weight excluding hydrogens is 467 g/mol. The van der Waals surface area contributed by atoms with Crippen LogP contribution in [0, 0.1) is 11.7 Å². The van der Waals surface area contributed by atoms with Gasteiger partial charge in [-0.05, 0) is 56.5 Å². The number of para-hydroxylation sites is 1. The van der Waals surface area contributed by atoms with Crippen LogP contribution in [0.1, 0.15) is 45.2 Å². The lowest BCUT2D eigenvalue weighted by Crippen LogP contribution is -2.67. The van der Waals surface area contributed by atoms with Crippen LogP contribution in [0.2, 0.25) is 5.02 Å². The van der Waals surface area contributed by atoms with Crippen LogP contribution in [0.5, 0.6) is 0 Å². The molecule has 2 aromatic carbocycles.